The van der Waals surface area contributed by atoms with Gasteiger partial charge in [0.2, 0.25) is 0 Å². The molecular formula is C17H18N2O6. The lowest BCUT2D eigenvalue weighted by Crippen LogP contribution is -2.43. The highest BCUT2D eigenvalue weighted by Crippen LogP contribution is 2.16. The van der Waals surface area contributed by atoms with Crippen LogP contribution in [0.25, 0.3) is 0 Å². The molecule has 2 amide bonds. The van der Waals surface area contributed by atoms with E-state index < -0.39 is 24.4 Å². The number of carbonyl (C=O) groups is 3. The van der Waals surface area contributed by atoms with Crippen molar-refractivity contribution in [2.24, 2.45) is 0 Å². The molecule has 8 nitrogen and oxygen atoms in total. The number of aryl methyl sites for hydroxylation is 1. The van der Waals surface area contributed by atoms with Crippen molar-refractivity contribution in [1.29, 1.82) is 0 Å². The number of hydrazine groups is 1. The Hall–Kier alpha value is -3.29. The number of amides is 2. The third kappa shape index (κ3) is 6.02. The molecule has 1 heterocycles. The average molecular weight is 346 g/mol. The average Bonchev–Trinajstić information content (AvgIpc) is 3.14. The predicted molar refractivity (Wildman–Crippen MR) is 86.6 cm³/mol. The number of rotatable bonds is 7. The first-order valence-corrected chi connectivity index (χ1v) is 7.53. The molecule has 2 aromatic rings. The molecule has 0 aliphatic rings. The molecule has 25 heavy (non-hydrogen) atoms. The van der Waals surface area contributed by atoms with E-state index in [2.05, 4.69) is 10.9 Å². The Balaban J connectivity index is 1.60. The fraction of sp³-hybridized carbons (Fsp3) is 0.235. The smallest absolute Gasteiger partial charge is 0.309 e. The summed E-state index contributed by atoms with van der Waals surface area (Å²) in [6.45, 7) is 1.52. The molecule has 8 heteroatoms. The van der Waals surface area contributed by atoms with E-state index in [-0.39, 0.29) is 18.8 Å². The van der Waals surface area contributed by atoms with Crippen LogP contribution in [0, 0.1) is 6.92 Å². The van der Waals surface area contributed by atoms with Crippen LogP contribution in [-0.4, -0.2) is 31.0 Å². The van der Waals surface area contributed by atoms with Crippen LogP contribution in [0.2, 0.25) is 0 Å². The highest BCUT2D eigenvalue weighted by atomic mass is 16.5. The molecule has 0 unspecified atom stereocenters. The van der Waals surface area contributed by atoms with Crippen LogP contribution in [0.1, 0.15) is 22.5 Å². The van der Waals surface area contributed by atoms with E-state index in [9.17, 15) is 14.4 Å². The first-order chi connectivity index (χ1) is 12.1. The standard InChI is InChI=1S/C17H18N2O6/c1-12-5-2-3-6-13(12)24-10-8-16(21)25-11-15(20)18-19-17(22)14-7-4-9-23-14/h2-7,9H,8,10-11H2,1H3,(H,18,20)(H,19,22). The first kappa shape index (κ1) is 18.1. The van der Waals surface area contributed by atoms with Gasteiger partial charge in [-0.05, 0) is 30.7 Å². The highest BCUT2D eigenvalue weighted by molar-refractivity contribution is 5.93. The number of hydrogen-bond donors (Lipinski definition) is 2. The van der Waals surface area contributed by atoms with E-state index in [1.807, 2.05) is 25.1 Å². The van der Waals surface area contributed by atoms with Crippen LogP contribution in [0.15, 0.2) is 47.1 Å². The van der Waals surface area contributed by atoms with Crippen LogP contribution in [0.5, 0.6) is 5.75 Å². The number of para-hydroxylation sites is 1. The largest absolute Gasteiger partial charge is 0.493 e. The van der Waals surface area contributed by atoms with Gasteiger partial charge in [-0.15, -0.1) is 0 Å². The summed E-state index contributed by atoms with van der Waals surface area (Å²) in [5.74, 6) is -1.13. The summed E-state index contributed by atoms with van der Waals surface area (Å²) in [5.41, 5.74) is 5.20. The molecule has 0 fully saturated rings. The van der Waals surface area contributed by atoms with Gasteiger partial charge < -0.3 is 13.9 Å². The highest BCUT2D eigenvalue weighted by Gasteiger charge is 2.11. The fourth-order valence-corrected chi connectivity index (χ4v) is 1.81. The maximum Gasteiger partial charge on any atom is 0.309 e. The van der Waals surface area contributed by atoms with E-state index in [1.54, 1.807) is 6.07 Å². The van der Waals surface area contributed by atoms with E-state index in [0.717, 1.165) is 5.56 Å². The lowest BCUT2D eigenvalue weighted by atomic mass is 10.2. The second kappa shape index (κ2) is 9.11. The quantitative estimate of drug-likeness (QED) is 0.579. The van der Waals surface area contributed by atoms with E-state index in [4.69, 9.17) is 13.9 Å². The maximum absolute atomic E-state index is 11.6. The topological polar surface area (TPSA) is 107 Å². The summed E-state index contributed by atoms with van der Waals surface area (Å²) >= 11 is 0. The van der Waals surface area contributed by atoms with Crippen molar-refractivity contribution in [2.75, 3.05) is 13.2 Å². The molecule has 0 radical (unpaired) electrons. The molecule has 0 atom stereocenters. The van der Waals surface area contributed by atoms with Crippen LogP contribution in [0.3, 0.4) is 0 Å². The zero-order valence-electron chi connectivity index (χ0n) is 13.6. The zero-order valence-corrected chi connectivity index (χ0v) is 13.6. The van der Waals surface area contributed by atoms with E-state index in [0.29, 0.717) is 5.75 Å². The van der Waals surface area contributed by atoms with Gasteiger partial charge in [0.25, 0.3) is 5.91 Å². The lowest BCUT2D eigenvalue weighted by molar-refractivity contribution is -0.149. The number of ether oxygens (including phenoxy) is 2. The van der Waals surface area contributed by atoms with Crippen molar-refractivity contribution in [1.82, 2.24) is 10.9 Å². The minimum absolute atomic E-state index is 0.000366. The number of nitrogens with one attached hydrogen (secondary N) is 2. The molecular weight excluding hydrogens is 328 g/mol. The Labute approximate surface area is 144 Å². The molecule has 0 saturated heterocycles. The van der Waals surface area contributed by atoms with Crippen molar-refractivity contribution >= 4 is 17.8 Å². The van der Waals surface area contributed by atoms with Crippen LogP contribution in [0.4, 0.5) is 0 Å². The number of carbonyl (C=O) groups excluding carboxylic acids is 3. The van der Waals surface area contributed by atoms with Gasteiger partial charge >= 0.3 is 11.9 Å². The summed E-state index contributed by atoms with van der Waals surface area (Å²) in [6, 6.07) is 10.4. The predicted octanol–water partition coefficient (Wildman–Crippen LogP) is 1.36. The minimum Gasteiger partial charge on any atom is -0.493 e. The van der Waals surface area contributed by atoms with Gasteiger partial charge in [0.1, 0.15) is 5.75 Å². The van der Waals surface area contributed by atoms with Crippen molar-refractivity contribution < 1.29 is 28.3 Å². The van der Waals surface area contributed by atoms with E-state index in [1.165, 1.54) is 18.4 Å². The van der Waals surface area contributed by atoms with Crippen molar-refractivity contribution in [3.63, 3.8) is 0 Å². The summed E-state index contributed by atoms with van der Waals surface area (Å²) in [4.78, 5) is 34.6. The zero-order chi connectivity index (χ0) is 18.1. The number of hydrogen-bond acceptors (Lipinski definition) is 6. The summed E-state index contributed by atoms with van der Waals surface area (Å²) in [7, 11) is 0. The molecule has 1 aromatic heterocycles. The molecule has 2 N–H and O–H groups in total. The minimum atomic E-state index is -0.673. The Morgan fingerprint density at radius 3 is 2.60 bits per heavy atom. The van der Waals surface area contributed by atoms with Gasteiger partial charge in [-0.2, -0.15) is 0 Å². The Morgan fingerprint density at radius 2 is 1.88 bits per heavy atom. The van der Waals surface area contributed by atoms with Crippen molar-refractivity contribution in [2.45, 2.75) is 13.3 Å². The molecule has 0 spiro atoms. The SMILES string of the molecule is Cc1ccccc1OCCC(=O)OCC(=O)NNC(=O)c1ccco1. The third-order valence-corrected chi connectivity index (χ3v) is 3.08. The monoisotopic (exact) mass is 346 g/mol. The summed E-state index contributed by atoms with van der Waals surface area (Å²) in [6.07, 6.45) is 1.33. The lowest BCUT2D eigenvalue weighted by Gasteiger charge is -2.09. The number of benzene rings is 1. The molecule has 132 valence electrons. The second-order valence-electron chi connectivity index (χ2n) is 5.00. The van der Waals surface area contributed by atoms with Gasteiger partial charge in [0.05, 0.1) is 19.3 Å². The van der Waals surface area contributed by atoms with Gasteiger partial charge in [0.15, 0.2) is 12.4 Å². The van der Waals surface area contributed by atoms with Gasteiger partial charge in [0, 0.05) is 0 Å². The van der Waals surface area contributed by atoms with Crippen molar-refractivity contribution in [3.8, 4) is 5.75 Å². The maximum atomic E-state index is 11.6. The number of furan rings is 1. The Bertz CT molecular complexity index is 726. The Kier molecular flexibility index (Phi) is 6.58. The van der Waals surface area contributed by atoms with Gasteiger partial charge in [-0.25, -0.2) is 0 Å². The van der Waals surface area contributed by atoms with Crippen LogP contribution in [-0.2, 0) is 14.3 Å². The number of esters is 1. The molecule has 0 saturated carbocycles. The third-order valence-electron chi connectivity index (χ3n) is 3.08. The van der Waals surface area contributed by atoms with E-state index >= 15 is 0 Å². The normalized spacial score (nSPS) is 9.96. The molecule has 0 aliphatic heterocycles. The molecule has 0 aliphatic carbocycles. The molecule has 1 aromatic carbocycles. The van der Waals surface area contributed by atoms with Crippen LogP contribution >= 0.6 is 0 Å². The first-order valence-electron chi connectivity index (χ1n) is 7.53. The van der Waals surface area contributed by atoms with Gasteiger partial charge in [-0.1, -0.05) is 18.2 Å². The summed E-state index contributed by atoms with van der Waals surface area (Å²) in [5, 5.41) is 0. The Morgan fingerprint density at radius 1 is 1.08 bits per heavy atom. The van der Waals surface area contributed by atoms with Gasteiger partial charge in [-0.3, -0.25) is 25.2 Å². The molecule has 0 bridgehead atoms. The summed E-state index contributed by atoms with van der Waals surface area (Å²) < 4.78 is 15.1. The molecule has 2 rings (SSSR count). The fourth-order valence-electron chi connectivity index (χ4n) is 1.81. The van der Waals surface area contributed by atoms with Crippen molar-refractivity contribution in [3.05, 3.63) is 54.0 Å². The van der Waals surface area contributed by atoms with Crippen LogP contribution < -0.4 is 15.6 Å². The second-order valence-corrected chi connectivity index (χ2v) is 5.00.